The molecule has 8 heteroatoms. The summed E-state index contributed by atoms with van der Waals surface area (Å²) in [6, 6.07) is 25.2. The van der Waals surface area contributed by atoms with Crippen molar-refractivity contribution < 1.29 is 19.4 Å². The van der Waals surface area contributed by atoms with Crippen molar-refractivity contribution in [2.24, 2.45) is 5.10 Å². The third-order valence-electron chi connectivity index (χ3n) is 5.50. The van der Waals surface area contributed by atoms with Crippen LogP contribution in [0.15, 0.2) is 94.4 Å². The number of hydrogen-bond donors (Lipinski definition) is 4. The largest absolute Gasteiger partial charge is 0.507 e. The number of carbonyl (C=O) groups is 1. The number of hydrogen-bond acceptors (Lipinski definition) is 5. The van der Waals surface area contributed by atoms with E-state index >= 15 is 0 Å². The molecule has 1 aromatic heterocycles. The van der Waals surface area contributed by atoms with Gasteiger partial charge in [-0.05, 0) is 54.2 Å². The van der Waals surface area contributed by atoms with Crippen LogP contribution in [0.2, 0.25) is 0 Å². The third kappa shape index (κ3) is 4.42. The predicted molar refractivity (Wildman–Crippen MR) is 141 cm³/mol. The molecule has 1 heterocycles. The number of phenols is 1. The molecule has 5 aromatic rings. The molecular formula is C27H19N3O4S. The van der Waals surface area contributed by atoms with Gasteiger partial charge >= 0.3 is 5.97 Å². The first-order valence-electron chi connectivity index (χ1n) is 10.7. The van der Waals surface area contributed by atoms with Gasteiger partial charge in [0.15, 0.2) is 5.11 Å². The van der Waals surface area contributed by atoms with Crippen LogP contribution >= 0.6 is 12.2 Å². The van der Waals surface area contributed by atoms with Gasteiger partial charge in [-0.1, -0.05) is 48.5 Å². The van der Waals surface area contributed by atoms with E-state index in [2.05, 4.69) is 15.8 Å². The van der Waals surface area contributed by atoms with Gasteiger partial charge < -0.3 is 19.9 Å². The number of carboxylic acid groups (broad SMARTS) is 1. The number of hydrazone groups is 1. The molecule has 0 aliphatic carbocycles. The van der Waals surface area contributed by atoms with Gasteiger partial charge in [-0.15, -0.1) is 0 Å². The Morgan fingerprint density at radius 3 is 2.51 bits per heavy atom. The standard InChI is InChI=1S/C27H19N3O4S/c31-25-17(15-28-30-27(35)29-18-8-3-6-16(14-18)26(32)33)7-4-11-20(25)19-10-5-13-23-24(19)21-9-1-2-12-22(21)34-23/h1-15,31H,(H,32,33)(H2,29,30,35). The lowest BCUT2D eigenvalue weighted by Crippen LogP contribution is -2.24. The maximum Gasteiger partial charge on any atom is 0.335 e. The molecule has 5 rings (SSSR count). The summed E-state index contributed by atoms with van der Waals surface area (Å²) in [5, 5.41) is 29.2. The average molecular weight is 482 g/mol. The van der Waals surface area contributed by atoms with E-state index in [0.717, 1.165) is 27.5 Å². The Morgan fingerprint density at radius 1 is 0.914 bits per heavy atom. The second kappa shape index (κ2) is 9.28. The van der Waals surface area contributed by atoms with Gasteiger partial charge in [-0.3, -0.25) is 5.43 Å². The predicted octanol–water partition coefficient (Wildman–Crippen LogP) is 5.98. The molecule has 0 saturated heterocycles. The number of rotatable bonds is 5. The van der Waals surface area contributed by atoms with E-state index in [4.69, 9.17) is 21.7 Å². The van der Waals surface area contributed by atoms with Crippen LogP contribution in [-0.2, 0) is 0 Å². The van der Waals surface area contributed by atoms with Gasteiger partial charge in [-0.2, -0.15) is 5.10 Å². The first-order chi connectivity index (χ1) is 17.0. The van der Waals surface area contributed by atoms with E-state index in [-0.39, 0.29) is 16.4 Å². The molecule has 0 amide bonds. The van der Waals surface area contributed by atoms with Crippen LogP contribution in [0.5, 0.6) is 5.75 Å². The van der Waals surface area contributed by atoms with Crippen LogP contribution in [0, 0.1) is 0 Å². The number of nitrogens with zero attached hydrogens (tertiary/aromatic N) is 1. The first kappa shape index (κ1) is 22.1. The number of phenolic OH excluding ortho intramolecular Hbond substituents is 1. The molecule has 0 aliphatic heterocycles. The van der Waals surface area contributed by atoms with Crippen molar-refractivity contribution in [2.75, 3.05) is 5.32 Å². The molecule has 4 aromatic carbocycles. The monoisotopic (exact) mass is 481 g/mol. The van der Waals surface area contributed by atoms with Gasteiger partial charge in [0, 0.05) is 27.6 Å². The highest BCUT2D eigenvalue weighted by molar-refractivity contribution is 7.80. The molecule has 4 N–H and O–H groups in total. The van der Waals surface area contributed by atoms with E-state index in [9.17, 15) is 9.90 Å². The van der Waals surface area contributed by atoms with Gasteiger partial charge in [0.2, 0.25) is 0 Å². The summed E-state index contributed by atoms with van der Waals surface area (Å²) in [7, 11) is 0. The Bertz CT molecular complexity index is 1620. The van der Waals surface area contributed by atoms with Crippen molar-refractivity contribution in [3.8, 4) is 16.9 Å². The first-order valence-corrected chi connectivity index (χ1v) is 11.1. The van der Waals surface area contributed by atoms with E-state index < -0.39 is 5.97 Å². The van der Waals surface area contributed by atoms with Crippen LogP contribution in [0.3, 0.4) is 0 Å². The zero-order valence-corrected chi connectivity index (χ0v) is 19.0. The molecule has 0 bridgehead atoms. The lowest BCUT2D eigenvalue weighted by molar-refractivity contribution is 0.0697. The summed E-state index contributed by atoms with van der Waals surface area (Å²) >= 11 is 5.23. The number of furan rings is 1. The molecule has 0 spiro atoms. The summed E-state index contributed by atoms with van der Waals surface area (Å²) in [5.74, 6) is -0.955. The van der Waals surface area contributed by atoms with Gasteiger partial charge in [0.1, 0.15) is 16.9 Å². The number of aromatic hydroxyl groups is 1. The fraction of sp³-hybridized carbons (Fsp3) is 0. The molecule has 7 nitrogen and oxygen atoms in total. The minimum Gasteiger partial charge on any atom is -0.507 e. The number of para-hydroxylation sites is 2. The second-order valence-corrected chi connectivity index (χ2v) is 8.14. The zero-order chi connectivity index (χ0) is 24.4. The van der Waals surface area contributed by atoms with Crippen molar-refractivity contribution in [2.45, 2.75) is 0 Å². The number of aromatic carboxylic acids is 1. The van der Waals surface area contributed by atoms with Crippen LogP contribution in [0.1, 0.15) is 15.9 Å². The number of fused-ring (bicyclic) bond motifs is 3. The number of anilines is 1. The van der Waals surface area contributed by atoms with E-state index in [1.54, 1.807) is 18.2 Å². The van der Waals surface area contributed by atoms with Gasteiger partial charge in [0.05, 0.1) is 11.8 Å². The van der Waals surface area contributed by atoms with E-state index in [0.29, 0.717) is 16.8 Å². The Morgan fingerprint density at radius 2 is 1.66 bits per heavy atom. The van der Waals surface area contributed by atoms with Crippen LogP contribution in [0.4, 0.5) is 5.69 Å². The van der Waals surface area contributed by atoms with Crippen molar-refractivity contribution >= 4 is 57.1 Å². The normalized spacial score (nSPS) is 11.2. The molecule has 0 fully saturated rings. The maximum absolute atomic E-state index is 11.1. The minimum atomic E-state index is -1.03. The van der Waals surface area contributed by atoms with Crippen molar-refractivity contribution in [1.29, 1.82) is 0 Å². The van der Waals surface area contributed by atoms with Gasteiger partial charge in [-0.25, -0.2) is 4.79 Å². The highest BCUT2D eigenvalue weighted by Crippen LogP contribution is 2.40. The highest BCUT2D eigenvalue weighted by atomic mass is 32.1. The topological polar surface area (TPSA) is 107 Å². The fourth-order valence-corrected chi connectivity index (χ4v) is 4.10. The van der Waals surface area contributed by atoms with Crippen molar-refractivity contribution in [3.63, 3.8) is 0 Å². The van der Waals surface area contributed by atoms with Crippen molar-refractivity contribution in [1.82, 2.24) is 5.43 Å². The average Bonchev–Trinajstić information content (AvgIpc) is 3.24. The van der Waals surface area contributed by atoms with Crippen molar-refractivity contribution in [3.05, 3.63) is 96.1 Å². The summed E-state index contributed by atoms with van der Waals surface area (Å²) in [5.41, 5.74) is 6.86. The number of carboxylic acids is 1. The smallest absolute Gasteiger partial charge is 0.335 e. The molecule has 0 atom stereocenters. The Labute approximate surface area is 205 Å². The quantitative estimate of drug-likeness (QED) is 0.139. The Balaban J connectivity index is 1.39. The van der Waals surface area contributed by atoms with Crippen LogP contribution in [0.25, 0.3) is 33.1 Å². The Kier molecular flexibility index (Phi) is 5.87. The zero-order valence-electron chi connectivity index (χ0n) is 18.2. The minimum absolute atomic E-state index is 0.0730. The Hall–Kier alpha value is -4.69. The number of thiocarbonyl (C=S) groups is 1. The summed E-state index contributed by atoms with van der Waals surface area (Å²) < 4.78 is 5.97. The molecule has 0 unspecified atom stereocenters. The lowest BCUT2D eigenvalue weighted by atomic mass is 9.97. The molecule has 0 aliphatic rings. The third-order valence-corrected chi connectivity index (χ3v) is 5.69. The second-order valence-electron chi connectivity index (χ2n) is 7.73. The molecule has 35 heavy (non-hydrogen) atoms. The number of benzene rings is 4. The number of nitrogens with one attached hydrogen (secondary N) is 2. The fourth-order valence-electron chi connectivity index (χ4n) is 3.93. The van der Waals surface area contributed by atoms with Gasteiger partial charge in [0.25, 0.3) is 0 Å². The summed E-state index contributed by atoms with van der Waals surface area (Å²) in [4.78, 5) is 11.1. The SMILES string of the molecule is O=C(O)c1cccc(NC(=S)NN=Cc2cccc(-c3cccc4oc5ccccc5c34)c2O)c1. The van der Waals surface area contributed by atoms with E-state index in [1.807, 2.05) is 54.6 Å². The van der Waals surface area contributed by atoms with Crippen LogP contribution in [-0.4, -0.2) is 27.5 Å². The highest BCUT2D eigenvalue weighted by Gasteiger charge is 2.15. The molecule has 172 valence electrons. The van der Waals surface area contributed by atoms with Crippen LogP contribution < -0.4 is 10.7 Å². The molecular weight excluding hydrogens is 462 g/mol. The van der Waals surface area contributed by atoms with E-state index in [1.165, 1.54) is 18.3 Å². The lowest BCUT2D eigenvalue weighted by Gasteiger charge is -2.10. The summed E-state index contributed by atoms with van der Waals surface area (Å²) in [6.45, 7) is 0. The molecule has 0 saturated carbocycles. The molecule has 0 radical (unpaired) electrons. The maximum atomic E-state index is 11.1. The summed E-state index contributed by atoms with van der Waals surface area (Å²) in [6.07, 6.45) is 1.47.